The van der Waals surface area contributed by atoms with Crippen LogP contribution in [0.5, 0.6) is 0 Å². The maximum atomic E-state index is 13.3. The highest BCUT2D eigenvalue weighted by atomic mass is 16.5. The summed E-state index contributed by atoms with van der Waals surface area (Å²) < 4.78 is 5.60. The standard InChI is InChI=1S/C36H51N7O3/c1-24-22-27(35(44)37-28-7-9-29(10-8-28)42-18-16-41(17-19-42)23-26-4-5-26)6-11-31(24)38-33-13-12-32-34(39-33)43(25(2)36(45)40(32)3)30-14-20-46-21-15-30/h6,11-13,22,25-26,28-30H,4-5,7-10,14-21,23H2,1-3H3,(H,37,44)(H,38,39)/t25-,28-,29-/m1/s1. The summed E-state index contributed by atoms with van der Waals surface area (Å²) in [5.74, 6) is 2.60. The second kappa shape index (κ2) is 13.5. The zero-order chi connectivity index (χ0) is 31.8. The van der Waals surface area contributed by atoms with Crippen molar-refractivity contribution in [1.82, 2.24) is 20.1 Å². The van der Waals surface area contributed by atoms with Crippen molar-refractivity contribution < 1.29 is 14.3 Å². The number of aromatic nitrogens is 1. The van der Waals surface area contributed by atoms with Gasteiger partial charge in [-0.3, -0.25) is 14.5 Å². The van der Waals surface area contributed by atoms with Crippen molar-refractivity contribution in [3.05, 3.63) is 41.5 Å². The van der Waals surface area contributed by atoms with E-state index >= 15 is 0 Å². The van der Waals surface area contributed by atoms with Gasteiger partial charge in [-0.25, -0.2) is 4.98 Å². The largest absolute Gasteiger partial charge is 0.381 e. The van der Waals surface area contributed by atoms with Gasteiger partial charge in [0.1, 0.15) is 11.9 Å². The quantitative estimate of drug-likeness (QED) is 0.440. The van der Waals surface area contributed by atoms with Gasteiger partial charge in [-0.1, -0.05) is 0 Å². The molecule has 2 saturated heterocycles. The Kier molecular flexibility index (Phi) is 9.21. The molecule has 2 N–H and O–H groups in total. The molecule has 1 aromatic carbocycles. The van der Waals surface area contributed by atoms with Gasteiger partial charge in [-0.15, -0.1) is 0 Å². The molecule has 4 fully saturated rings. The van der Waals surface area contributed by atoms with Crippen molar-refractivity contribution in [2.75, 3.05) is 68.1 Å². The molecule has 0 spiro atoms. The molecule has 2 aliphatic carbocycles. The number of piperazine rings is 1. The molecule has 10 nitrogen and oxygen atoms in total. The summed E-state index contributed by atoms with van der Waals surface area (Å²) in [6, 6.07) is 10.6. The first-order valence-electron chi connectivity index (χ1n) is 17.6. The Labute approximate surface area is 273 Å². The molecule has 4 heterocycles. The molecule has 1 atom stereocenters. The number of pyridine rings is 1. The third-order valence-electron chi connectivity index (χ3n) is 11.1. The number of hydrogen-bond acceptors (Lipinski definition) is 8. The molecule has 3 aliphatic heterocycles. The highest BCUT2D eigenvalue weighted by Crippen LogP contribution is 2.38. The van der Waals surface area contributed by atoms with Gasteiger partial charge in [-0.2, -0.15) is 0 Å². The molecule has 46 heavy (non-hydrogen) atoms. The molecular formula is C36H51N7O3. The monoisotopic (exact) mass is 629 g/mol. The van der Waals surface area contributed by atoms with Crippen molar-refractivity contribution in [3.63, 3.8) is 0 Å². The van der Waals surface area contributed by atoms with Gasteiger partial charge in [0.2, 0.25) is 5.91 Å². The minimum Gasteiger partial charge on any atom is -0.381 e. The van der Waals surface area contributed by atoms with Crippen LogP contribution in [-0.4, -0.2) is 104 Å². The van der Waals surface area contributed by atoms with Crippen LogP contribution in [0.1, 0.15) is 74.2 Å². The number of likely N-dealkylation sites (N-methyl/N-ethyl adjacent to an activating group) is 1. The van der Waals surface area contributed by atoms with Gasteiger partial charge in [0, 0.05) is 82.4 Å². The molecule has 0 radical (unpaired) electrons. The van der Waals surface area contributed by atoms with E-state index in [0.29, 0.717) is 30.6 Å². The first-order valence-corrected chi connectivity index (χ1v) is 17.6. The van der Waals surface area contributed by atoms with Gasteiger partial charge in [-0.05, 0) is 107 Å². The van der Waals surface area contributed by atoms with Crippen LogP contribution in [0.3, 0.4) is 0 Å². The first kappa shape index (κ1) is 31.4. The lowest BCUT2D eigenvalue weighted by Crippen LogP contribution is -2.56. The fourth-order valence-corrected chi connectivity index (χ4v) is 8.03. The molecule has 248 valence electrons. The van der Waals surface area contributed by atoms with Crippen LogP contribution in [0, 0.1) is 12.8 Å². The topological polar surface area (TPSA) is 93.3 Å². The number of carbonyl (C=O) groups excluding carboxylic acids is 2. The number of ether oxygens (including phenoxy) is 1. The Hall–Kier alpha value is -3.21. The second-order valence-electron chi connectivity index (χ2n) is 14.3. The Balaban J connectivity index is 0.949. The van der Waals surface area contributed by atoms with Crippen molar-refractivity contribution in [1.29, 1.82) is 0 Å². The van der Waals surface area contributed by atoms with E-state index < -0.39 is 0 Å². The molecular weight excluding hydrogens is 578 g/mol. The summed E-state index contributed by atoms with van der Waals surface area (Å²) in [5.41, 5.74) is 3.41. The summed E-state index contributed by atoms with van der Waals surface area (Å²) in [6.07, 6.45) is 9.04. The number of hydrogen-bond donors (Lipinski definition) is 2. The molecule has 2 aromatic rings. The number of fused-ring (bicyclic) bond motifs is 1. The van der Waals surface area contributed by atoms with Crippen LogP contribution in [0.15, 0.2) is 30.3 Å². The van der Waals surface area contributed by atoms with Crippen LogP contribution in [0.25, 0.3) is 0 Å². The molecule has 0 unspecified atom stereocenters. The smallest absolute Gasteiger partial charge is 0.251 e. The lowest BCUT2D eigenvalue weighted by molar-refractivity contribution is -0.119. The van der Waals surface area contributed by atoms with E-state index in [0.717, 1.165) is 67.2 Å². The fraction of sp³-hybridized carbons (Fsp3) is 0.639. The number of nitrogens with one attached hydrogen (secondary N) is 2. The van der Waals surface area contributed by atoms with Crippen LogP contribution < -0.4 is 20.4 Å². The highest BCUT2D eigenvalue weighted by Gasteiger charge is 2.39. The van der Waals surface area contributed by atoms with Gasteiger partial charge in [0.05, 0.1) is 5.69 Å². The molecule has 2 saturated carbocycles. The van der Waals surface area contributed by atoms with E-state index in [-0.39, 0.29) is 29.9 Å². The number of carbonyl (C=O) groups is 2. The average molecular weight is 630 g/mol. The predicted molar refractivity (Wildman–Crippen MR) is 182 cm³/mol. The maximum absolute atomic E-state index is 13.3. The molecule has 2 amide bonds. The molecule has 7 rings (SSSR count). The van der Waals surface area contributed by atoms with E-state index in [1.807, 2.05) is 51.2 Å². The SMILES string of the molecule is Cc1cc(C(=O)N[C@H]2CC[C@H](N3CCN(CC4CC4)CC3)CC2)ccc1Nc1ccc2c(n1)N(C1CCOCC1)[C@H](C)C(=O)N2C. The molecule has 10 heteroatoms. The molecule has 1 aromatic heterocycles. The Bertz CT molecular complexity index is 1410. The summed E-state index contributed by atoms with van der Waals surface area (Å²) in [7, 11) is 1.82. The average Bonchev–Trinajstić information content (AvgIpc) is 3.90. The number of nitrogens with zero attached hydrogens (tertiary/aromatic N) is 5. The van der Waals surface area contributed by atoms with E-state index in [2.05, 4.69) is 25.3 Å². The van der Waals surface area contributed by atoms with E-state index in [4.69, 9.17) is 9.72 Å². The Morgan fingerprint density at radius 3 is 2.37 bits per heavy atom. The fourth-order valence-electron chi connectivity index (χ4n) is 8.03. The van der Waals surface area contributed by atoms with Gasteiger partial charge in [0.25, 0.3) is 5.91 Å². The minimum atomic E-state index is -0.287. The minimum absolute atomic E-state index is 0.00694. The van der Waals surface area contributed by atoms with Gasteiger partial charge < -0.3 is 30.1 Å². The lowest BCUT2D eigenvalue weighted by atomic mass is 9.89. The summed E-state index contributed by atoms with van der Waals surface area (Å²) >= 11 is 0. The van der Waals surface area contributed by atoms with Crippen molar-refractivity contribution in [2.24, 2.45) is 5.92 Å². The van der Waals surface area contributed by atoms with Crippen molar-refractivity contribution >= 4 is 34.8 Å². The second-order valence-corrected chi connectivity index (χ2v) is 14.3. The van der Waals surface area contributed by atoms with Gasteiger partial charge >= 0.3 is 0 Å². The summed E-state index contributed by atoms with van der Waals surface area (Å²) in [6.45, 7) is 11.5. The molecule has 0 bridgehead atoms. The molecule has 5 aliphatic rings. The number of amides is 2. The summed E-state index contributed by atoms with van der Waals surface area (Å²) in [5, 5.41) is 6.81. The van der Waals surface area contributed by atoms with Crippen LogP contribution in [0.2, 0.25) is 0 Å². The lowest BCUT2D eigenvalue weighted by Gasteiger charge is -2.44. The van der Waals surface area contributed by atoms with Gasteiger partial charge in [0.15, 0.2) is 5.82 Å². The number of anilines is 4. The number of benzene rings is 1. The van der Waals surface area contributed by atoms with Crippen molar-refractivity contribution in [2.45, 2.75) is 89.4 Å². The zero-order valence-corrected chi connectivity index (χ0v) is 27.8. The predicted octanol–water partition coefficient (Wildman–Crippen LogP) is 4.55. The Morgan fingerprint density at radius 1 is 0.935 bits per heavy atom. The Morgan fingerprint density at radius 2 is 1.67 bits per heavy atom. The number of aryl methyl sites for hydroxylation is 1. The van der Waals surface area contributed by atoms with Crippen molar-refractivity contribution in [3.8, 4) is 0 Å². The third kappa shape index (κ3) is 6.75. The van der Waals surface area contributed by atoms with E-state index in [1.165, 1.54) is 45.6 Å². The zero-order valence-electron chi connectivity index (χ0n) is 27.8. The number of rotatable bonds is 8. The van der Waals surface area contributed by atoms with Crippen LogP contribution in [-0.2, 0) is 9.53 Å². The van der Waals surface area contributed by atoms with E-state index in [9.17, 15) is 9.59 Å². The summed E-state index contributed by atoms with van der Waals surface area (Å²) in [4.78, 5) is 40.6. The normalized spacial score (nSPS) is 26.6. The highest BCUT2D eigenvalue weighted by molar-refractivity contribution is 6.04. The first-order chi connectivity index (χ1) is 22.3. The van der Waals surface area contributed by atoms with Crippen LogP contribution >= 0.6 is 0 Å². The third-order valence-corrected chi connectivity index (χ3v) is 11.1. The maximum Gasteiger partial charge on any atom is 0.251 e. The van der Waals surface area contributed by atoms with E-state index in [1.54, 1.807) is 4.90 Å². The van der Waals surface area contributed by atoms with Crippen LogP contribution in [0.4, 0.5) is 23.0 Å².